The van der Waals surface area contributed by atoms with Crippen molar-refractivity contribution in [3.05, 3.63) is 23.5 Å². The molecule has 6 heteroatoms. The number of sulfonamides is 1. The summed E-state index contributed by atoms with van der Waals surface area (Å²) in [7, 11) is -3.19. The van der Waals surface area contributed by atoms with Gasteiger partial charge in [-0.2, -0.15) is 0 Å². The number of hydrogen-bond acceptors (Lipinski definition) is 3. The molecule has 1 heterocycles. The summed E-state index contributed by atoms with van der Waals surface area (Å²) in [6.07, 6.45) is 2.90. The van der Waals surface area contributed by atoms with Crippen LogP contribution in [0.3, 0.4) is 0 Å². The minimum Gasteiger partial charge on any atom is -0.282 e. The Morgan fingerprint density at radius 2 is 2.14 bits per heavy atom. The molecule has 2 rings (SSSR count). The third kappa shape index (κ3) is 2.16. The fraction of sp³-hybridized carbons (Fsp3) is 0.375. The standard InChI is InChI=1S/C8H9ClN2O2S/c9-8-4-1-6(5-10-8)11-14(12,13)7-2-3-7/h1,4-5,7,11H,2-3H2. The van der Waals surface area contributed by atoms with E-state index in [1.165, 1.54) is 6.20 Å². The number of rotatable bonds is 3. The Morgan fingerprint density at radius 1 is 1.43 bits per heavy atom. The van der Waals surface area contributed by atoms with Crippen LogP contribution >= 0.6 is 11.6 Å². The van der Waals surface area contributed by atoms with Crippen molar-refractivity contribution in [3.63, 3.8) is 0 Å². The first-order valence-corrected chi connectivity index (χ1v) is 6.13. The average molecular weight is 233 g/mol. The highest BCUT2D eigenvalue weighted by atomic mass is 35.5. The van der Waals surface area contributed by atoms with Crippen LogP contribution < -0.4 is 4.72 Å². The Morgan fingerprint density at radius 3 is 2.64 bits per heavy atom. The van der Waals surface area contributed by atoms with E-state index in [-0.39, 0.29) is 5.25 Å². The predicted molar refractivity (Wildman–Crippen MR) is 54.8 cm³/mol. The summed E-state index contributed by atoms with van der Waals surface area (Å²) in [6.45, 7) is 0. The zero-order chi connectivity index (χ0) is 10.2. The summed E-state index contributed by atoms with van der Waals surface area (Å²) in [5.41, 5.74) is 0.460. The topological polar surface area (TPSA) is 59.1 Å². The molecule has 1 aliphatic carbocycles. The van der Waals surface area contributed by atoms with Crippen LogP contribution in [0.2, 0.25) is 5.15 Å². The van der Waals surface area contributed by atoms with Crippen LogP contribution in [-0.2, 0) is 10.0 Å². The van der Waals surface area contributed by atoms with Gasteiger partial charge in [0, 0.05) is 0 Å². The van der Waals surface area contributed by atoms with Crippen LogP contribution in [0.25, 0.3) is 0 Å². The first-order chi connectivity index (χ1) is 6.58. The lowest BCUT2D eigenvalue weighted by Gasteiger charge is -2.05. The molecule has 0 aliphatic heterocycles. The molecule has 0 unspecified atom stereocenters. The lowest BCUT2D eigenvalue weighted by Crippen LogP contribution is -2.17. The maximum Gasteiger partial charge on any atom is 0.235 e. The van der Waals surface area contributed by atoms with E-state index in [9.17, 15) is 8.42 Å². The van der Waals surface area contributed by atoms with Crippen molar-refractivity contribution in [2.24, 2.45) is 0 Å². The molecule has 0 aromatic carbocycles. The van der Waals surface area contributed by atoms with Crippen molar-refractivity contribution in [1.29, 1.82) is 0 Å². The number of halogens is 1. The van der Waals surface area contributed by atoms with E-state index in [0.29, 0.717) is 10.8 Å². The summed E-state index contributed by atoms with van der Waals surface area (Å²) in [6, 6.07) is 3.14. The van der Waals surface area contributed by atoms with Crippen molar-refractivity contribution in [3.8, 4) is 0 Å². The first kappa shape index (κ1) is 9.73. The summed E-state index contributed by atoms with van der Waals surface area (Å²) in [5, 5.41) is 0.123. The molecule has 1 aromatic rings. The van der Waals surface area contributed by atoms with Crippen LogP contribution in [0, 0.1) is 0 Å². The van der Waals surface area contributed by atoms with Crippen LogP contribution in [0.1, 0.15) is 12.8 Å². The maximum absolute atomic E-state index is 11.5. The van der Waals surface area contributed by atoms with Gasteiger partial charge in [0.05, 0.1) is 17.1 Å². The van der Waals surface area contributed by atoms with E-state index in [4.69, 9.17) is 11.6 Å². The van der Waals surface area contributed by atoms with Crippen LogP contribution in [-0.4, -0.2) is 18.7 Å². The van der Waals surface area contributed by atoms with Gasteiger partial charge in [-0.05, 0) is 25.0 Å². The van der Waals surface area contributed by atoms with Gasteiger partial charge in [-0.1, -0.05) is 11.6 Å². The second kappa shape index (κ2) is 3.40. The quantitative estimate of drug-likeness (QED) is 0.806. The molecule has 0 atom stereocenters. The molecule has 0 radical (unpaired) electrons. The Bertz CT molecular complexity index is 425. The molecule has 4 nitrogen and oxygen atoms in total. The zero-order valence-corrected chi connectivity index (χ0v) is 8.85. The lowest BCUT2D eigenvalue weighted by molar-refractivity contribution is 0.600. The highest BCUT2D eigenvalue weighted by Gasteiger charge is 2.35. The van der Waals surface area contributed by atoms with E-state index in [2.05, 4.69) is 9.71 Å². The SMILES string of the molecule is O=S(=O)(Nc1ccc(Cl)nc1)C1CC1. The average Bonchev–Trinajstić information content (AvgIpc) is 2.91. The first-order valence-electron chi connectivity index (χ1n) is 4.21. The van der Waals surface area contributed by atoms with E-state index in [1.807, 2.05) is 0 Å². The van der Waals surface area contributed by atoms with E-state index >= 15 is 0 Å². The van der Waals surface area contributed by atoms with Crippen LogP contribution in [0.5, 0.6) is 0 Å². The normalized spacial score (nSPS) is 16.6. The monoisotopic (exact) mass is 232 g/mol. The fourth-order valence-corrected chi connectivity index (χ4v) is 2.55. The molecule has 76 valence electrons. The number of anilines is 1. The number of nitrogens with zero attached hydrogens (tertiary/aromatic N) is 1. The summed E-state index contributed by atoms with van der Waals surface area (Å²) in [4.78, 5) is 3.78. The molecular weight excluding hydrogens is 224 g/mol. The number of nitrogens with one attached hydrogen (secondary N) is 1. The molecule has 14 heavy (non-hydrogen) atoms. The van der Waals surface area contributed by atoms with E-state index in [1.54, 1.807) is 12.1 Å². The number of aromatic nitrogens is 1. The van der Waals surface area contributed by atoms with Gasteiger partial charge in [0.15, 0.2) is 0 Å². The third-order valence-corrected chi connectivity index (χ3v) is 4.04. The van der Waals surface area contributed by atoms with Gasteiger partial charge >= 0.3 is 0 Å². The molecule has 0 bridgehead atoms. The van der Waals surface area contributed by atoms with Crippen molar-refractivity contribution in [2.45, 2.75) is 18.1 Å². The van der Waals surface area contributed by atoms with Gasteiger partial charge in [-0.15, -0.1) is 0 Å². The minimum absolute atomic E-state index is 0.224. The minimum atomic E-state index is -3.19. The van der Waals surface area contributed by atoms with Crippen molar-refractivity contribution >= 4 is 27.3 Å². The summed E-state index contributed by atoms with van der Waals surface area (Å²) < 4.78 is 25.4. The fourth-order valence-electron chi connectivity index (χ4n) is 1.06. The Hall–Kier alpha value is -0.810. The largest absolute Gasteiger partial charge is 0.282 e. The molecular formula is C8H9ClN2O2S. The molecule has 1 saturated carbocycles. The molecule has 1 N–H and O–H groups in total. The second-order valence-electron chi connectivity index (χ2n) is 3.22. The van der Waals surface area contributed by atoms with Crippen LogP contribution in [0.15, 0.2) is 18.3 Å². The van der Waals surface area contributed by atoms with Gasteiger partial charge in [-0.3, -0.25) is 4.72 Å². The molecule has 0 amide bonds. The van der Waals surface area contributed by atoms with Gasteiger partial charge in [0.1, 0.15) is 5.15 Å². The molecule has 1 aromatic heterocycles. The lowest BCUT2D eigenvalue weighted by atomic mass is 10.4. The Balaban J connectivity index is 2.14. The maximum atomic E-state index is 11.5. The van der Waals surface area contributed by atoms with Gasteiger partial charge in [-0.25, -0.2) is 13.4 Å². The van der Waals surface area contributed by atoms with E-state index < -0.39 is 10.0 Å². The Labute approximate surface area is 87.4 Å². The van der Waals surface area contributed by atoms with Gasteiger partial charge < -0.3 is 0 Å². The molecule has 0 saturated heterocycles. The highest BCUT2D eigenvalue weighted by Crippen LogP contribution is 2.29. The summed E-state index contributed by atoms with van der Waals surface area (Å²) in [5.74, 6) is 0. The van der Waals surface area contributed by atoms with Crippen molar-refractivity contribution in [2.75, 3.05) is 4.72 Å². The summed E-state index contributed by atoms with van der Waals surface area (Å²) >= 11 is 5.57. The van der Waals surface area contributed by atoms with Crippen LogP contribution in [0.4, 0.5) is 5.69 Å². The number of hydrogen-bond donors (Lipinski definition) is 1. The third-order valence-electron chi connectivity index (χ3n) is 1.95. The molecule has 1 fully saturated rings. The second-order valence-corrected chi connectivity index (χ2v) is 5.56. The van der Waals surface area contributed by atoms with Gasteiger partial charge in [0.25, 0.3) is 0 Å². The number of pyridine rings is 1. The van der Waals surface area contributed by atoms with E-state index in [0.717, 1.165) is 12.8 Å². The Kier molecular flexibility index (Phi) is 2.36. The molecule has 0 spiro atoms. The van der Waals surface area contributed by atoms with Gasteiger partial charge in [0.2, 0.25) is 10.0 Å². The predicted octanol–water partition coefficient (Wildman–Crippen LogP) is 1.64. The smallest absolute Gasteiger partial charge is 0.235 e. The molecule has 1 aliphatic rings. The van der Waals surface area contributed by atoms with Crippen molar-refractivity contribution in [1.82, 2.24) is 4.98 Å². The van der Waals surface area contributed by atoms with Crippen molar-refractivity contribution < 1.29 is 8.42 Å². The zero-order valence-electron chi connectivity index (χ0n) is 7.27. The highest BCUT2D eigenvalue weighted by molar-refractivity contribution is 7.93.